The zero-order valence-electron chi connectivity index (χ0n) is 13.4. The van der Waals surface area contributed by atoms with Crippen LogP contribution in [0.5, 0.6) is 11.5 Å². The molecule has 0 N–H and O–H groups in total. The third kappa shape index (κ3) is 3.53. The Bertz CT molecular complexity index is 831. The number of esters is 1. The fraction of sp³-hybridized carbons (Fsp3) is 0.211. The van der Waals surface area contributed by atoms with Crippen LogP contribution in [0.4, 0.5) is 0 Å². The molecule has 0 saturated heterocycles. The highest BCUT2D eigenvalue weighted by Gasteiger charge is 2.26. The lowest BCUT2D eigenvalue weighted by Gasteiger charge is -2.14. The Kier molecular flexibility index (Phi) is 5.54. The smallest absolute Gasteiger partial charge is 0.327 e. The van der Waals surface area contributed by atoms with Gasteiger partial charge in [0.25, 0.3) is 0 Å². The number of nitriles is 2. The second kappa shape index (κ2) is 7.80. The Hall–Kier alpha value is -3.31. The fourth-order valence-corrected chi connectivity index (χ4v) is 2.26. The van der Waals surface area contributed by atoms with Gasteiger partial charge in [-0.3, -0.25) is 4.79 Å². The third-order valence-corrected chi connectivity index (χ3v) is 3.45. The first-order valence-corrected chi connectivity index (χ1v) is 7.45. The molecule has 0 heterocycles. The number of hydrogen-bond acceptors (Lipinski definition) is 5. The van der Waals surface area contributed by atoms with Crippen molar-refractivity contribution in [1.29, 1.82) is 10.5 Å². The highest BCUT2D eigenvalue weighted by Crippen LogP contribution is 2.32. The highest BCUT2D eigenvalue weighted by atomic mass is 16.5. The van der Waals surface area contributed by atoms with Gasteiger partial charge in [-0.05, 0) is 31.5 Å². The lowest BCUT2D eigenvalue weighted by atomic mass is 9.95. The van der Waals surface area contributed by atoms with Crippen molar-refractivity contribution in [2.24, 2.45) is 0 Å². The van der Waals surface area contributed by atoms with Gasteiger partial charge in [0.05, 0.1) is 18.2 Å². The maximum atomic E-state index is 12.0. The first-order chi connectivity index (χ1) is 11.6. The maximum absolute atomic E-state index is 12.0. The molecule has 5 heteroatoms. The van der Waals surface area contributed by atoms with E-state index in [2.05, 4.69) is 0 Å². The molecule has 2 rings (SSSR count). The molecule has 0 aromatic heterocycles. The van der Waals surface area contributed by atoms with Gasteiger partial charge in [-0.25, -0.2) is 0 Å². The van der Waals surface area contributed by atoms with E-state index in [9.17, 15) is 15.3 Å². The molecule has 2 aromatic rings. The molecule has 120 valence electrons. The minimum atomic E-state index is -1.17. The quantitative estimate of drug-likeness (QED) is 0.782. The summed E-state index contributed by atoms with van der Waals surface area (Å²) >= 11 is 0. The first kappa shape index (κ1) is 17.1. The van der Waals surface area contributed by atoms with Crippen LogP contribution in [-0.4, -0.2) is 12.6 Å². The Labute approximate surface area is 140 Å². The Morgan fingerprint density at radius 3 is 2.46 bits per heavy atom. The summed E-state index contributed by atoms with van der Waals surface area (Å²) in [6.07, 6.45) is 0. The normalized spacial score (nSPS) is 11.0. The zero-order chi connectivity index (χ0) is 17.5. The lowest BCUT2D eigenvalue weighted by Crippen LogP contribution is -2.15. The molecule has 1 unspecified atom stereocenters. The van der Waals surface area contributed by atoms with Crippen LogP contribution in [0, 0.1) is 29.6 Å². The Balaban J connectivity index is 2.46. The number of rotatable bonds is 5. The van der Waals surface area contributed by atoms with Gasteiger partial charge in [-0.15, -0.1) is 0 Å². The largest absolute Gasteiger partial charge is 0.465 e. The summed E-state index contributed by atoms with van der Waals surface area (Å²) in [5, 5.41) is 18.8. The van der Waals surface area contributed by atoms with Crippen molar-refractivity contribution in [3.05, 3.63) is 59.2 Å². The summed E-state index contributed by atoms with van der Waals surface area (Å²) in [5.74, 6) is -0.936. The molecule has 1 atom stereocenters. The van der Waals surface area contributed by atoms with Crippen LogP contribution in [0.2, 0.25) is 0 Å². The number of nitrogens with zero attached hydrogens (tertiary/aromatic N) is 2. The second-order valence-corrected chi connectivity index (χ2v) is 5.01. The topological polar surface area (TPSA) is 83.1 Å². The van der Waals surface area contributed by atoms with Crippen molar-refractivity contribution in [1.82, 2.24) is 0 Å². The summed E-state index contributed by atoms with van der Waals surface area (Å²) in [6.45, 7) is 3.72. The van der Waals surface area contributed by atoms with Gasteiger partial charge >= 0.3 is 5.97 Å². The number of benzene rings is 2. The van der Waals surface area contributed by atoms with Gasteiger partial charge in [0.15, 0.2) is 5.92 Å². The molecule has 0 bridgehead atoms. The molecule has 24 heavy (non-hydrogen) atoms. The van der Waals surface area contributed by atoms with Crippen molar-refractivity contribution in [3.63, 3.8) is 0 Å². The molecule has 0 amide bonds. The van der Waals surface area contributed by atoms with Crippen LogP contribution in [-0.2, 0) is 9.53 Å². The van der Waals surface area contributed by atoms with Gasteiger partial charge in [0, 0.05) is 5.56 Å². The summed E-state index contributed by atoms with van der Waals surface area (Å²) in [4.78, 5) is 12.0. The van der Waals surface area contributed by atoms with Crippen molar-refractivity contribution in [3.8, 4) is 23.6 Å². The molecule has 0 fully saturated rings. The molecule has 0 aliphatic carbocycles. The van der Waals surface area contributed by atoms with E-state index in [-0.39, 0.29) is 17.7 Å². The number of carbonyl (C=O) groups excluding carboxylic acids is 1. The molecule has 0 aliphatic heterocycles. The summed E-state index contributed by atoms with van der Waals surface area (Å²) < 4.78 is 10.7. The molecular formula is C19H16N2O3. The molecule has 0 spiro atoms. The number of carbonyl (C=O) groups is 1. The molecule has 0 radical (unpaired) electrons. The van der Waals surface area contributed by atoms with Gasteiger partial charge < -0.3 is 9.47 Å². The van der Waals surface area contributed by atoms with Crippen molar-refractivity contribution >= 4 is 5.97 Å². The predicted octanol–water partition coefficient (Wildman–Crippen LogP) is 3.83. The van der Waals surface area contributed by atoms with E-state index in [1.165, 1.54) is 0 Å². The average Bonchev–Trinajstić information content (AvgIpc) is 2.58. The maximum Gasteiger partial charge on any atom is 0.327 e. The predicted molar refractivity (Wildman–Crippen MR) is 87.4 cm³/mol. The number of ether oxygens (including phenoxy) is 2. The van der Waals surface area contributed by atoms with Crippen LogP contribution in [0.3, 0.4) is 0 Å². The third-order valence-electron chi connectivity index (χ3n) is 3.45. The van der Waals surface area contributed by atoms with E-state index in [4.69, 9.17) is 9.47 Å². The lowest BCUT2D eigenvalue weighted by molar-refractivity contribution is -0.143. The van der Waals surface area contributed by atoms with E-state index >= 15 is 0 Å². The zero-order valence-corrected chi connectivity index (χ0v) is 13.4. The van der Waals surface area contributed by atoms with Crippen LogP contribution in [0.25, 0.3) is 0 Å². The second-order valence-electron chi connectivity index (χ2n) is 5.01. The van der Waals surface area contributed by atoms with Crippen molar-refractivity contribution < 1.29 is 14.3 Å². The SMILES string of the molecule is CCOC(=O)C(C#N)c1cccc(Oc2ccccc2C)c1C#N. The van der Waals surface area contributed by atoms with Crippen LogP contribution in [0.1, 0.15) is 29.5 Å². The van der Waals surface area contributed by atoms with Gasteiger partial charge in [0.1, 0.15) is 17.6 Å². The van der Waals surface area contributed by atoms with E-state index in [0.717, 1.165) is 5.56 Å². The summed E-state index contributed by atoms with van der Waals surface area (Å²) in [6, 6.07) is 16.2. The minimum Gasteiger partial charge on any atom is -0.465 e. The van der Waals surface area contributed by atoms with E-state index in [1.807, 2.05) is 37.3 Å². The van der Waals surface area contributed by atoms with Gasteiger partial charge in [-0.1, -0.05) is 30.3 Å². The summed E-state index contributed by atoms with van der Waals surface area (Å²) in [7, 11) is 0. The number of para-hydroxylation sites is 1. The highest BCUT2D eigenvalue weighted by molar-refractivity contribution is 5.82. The van der Waals surface area contributed by atoms with Crippen molar-refractivity contribution in [2.45, 2.75) is 19.8 Å². The van der Waals surface area contributed by atoms with E-state index < -0.39 is 11.9 Å². The van der Waals surface area contributed by atoms with Crippen molar-refractivity contribution in [2.75, 3.05) is 6.61 Å². The molecule has 0 aliphatic rings. The van der Waals surface area contributed by atoms with Gasteiger partial charge in [0.2, 0.25) is 0 Å². The van der Waals surface area contributed by atoms with Gasteiger partial charge in [-0.2, -0.15) is 10.5 Å². The Morgan fingerprint density at radius 1 is 1.12 bits per heavy atom. The van der Waals surface area contributed by atoms with Crippen LogP contribution >= 0.6 is 0 Å². The van der Waals surface area contributed by atoms with E-state index in [1.54, 1.807) is 31.2 Å². The fourth-order valence-electron chi connectivity index (χ4n) is 2.26. The number of aryl methyl sites for hydroxylation is 1. The summed E-state index contributed by atoms with van der Waals surface area (Å²) in [5.41, 5.74) is 1.35. The molecular weight excluding hydrogens is 304 g/mol. The first-order valence-electron chi connectivity index (χ1n) is 7.45. The Morgan fingerprint density at radius 2 is 1.83 bits per heavy atom. The molecule has 5 nitrogen and oxygen atoms in total. The standard InChI is InChI=1S/C19H16N2O3/c1-3-23-19(22)16(12-21)14-8-6-10-18(15(14)11-20)24-17-9-5-4-7-13(17)2/h4-10,16H,3H2,1-2H3. The molecule has 2 aromatic carbocycles. The molecule has 0 saturated carbocycles. The number of hydrogen-bond donors (Lipinski definition) is 0. The monoisotopic (exact) mass is 320 g/mol. The van der Waals surface area contributed by atoms with E-state index in [0.29, 0.717) is 11.5 Å². The average molecular weight is 320 g/mol. The van der Waals surface area contributed by atoms with Crippen LogP contribution < -0.4 is 4.74 Å². The minimum absolute atomic E-state index is 0.153. The van der Waals surface area contributed by atoms with Crippen LogP contribution in [0.15, 0.2) is 42.5 Å².